The molecule has 1 aromatic rings. The average molecular weight is 281 g/mol. The van der Waals surface area contributed by atoms with Crippen molar-refractivity contribution in [1.82, 2.24) is 0 Å². The van der Waals surface area contributed by atoms with E-state index in [0.717, 1.165) is 18.5 Å². The largest absolute Gasteiger partial charge is 0.481 e. The zero-order valence-electron chi connectivity index (χ0n) is 10.3. The molecule has 1 saturated heterocycles. The third-order valence-corrected chi connectivity index (χ3v) is 6.00. The van der Waals surface area contributed by atoms with E-state index in [1.807, 2.05) is 4.90 Å². The second kappa shape index (κ2) is 4.23. The summed E-state index contributed by atoms with van der Waals surface area (Å²) in [5, 5.41) is 8.62. The van der Waals surface area contributed by atoms with E-state index in [1.54, 1.807) is 24.3 Å². The lowest BCUT2D eigenvalue weighted by molar-refractivity contribution is -0.142. The van der Waals surface area contributed by atoms with E-state index in [0.29, 0.717) is 18.0 Å². The number of nitrogens with zero attached hydrogens (tertiary/aromatic N) is 1. The van der Waals surface area contributed by atoms with Gasteiger partial charge in [0.15, 0.2) is 9.84 Å². The molecule has 0 atom stereocenters. The van der Waals surface area contributed by atoms with Gasteiger partial charge in [0.05, 0.1) is 16.1 Å². The fourth-order valence-corrected chi connectivity index (χ4v) is 3.92. The summed E-state index contributed by atoms with van der Waals surface area (Å²) in [6, 6.07) is 6.76. The SMILES string of the molecule is O=C(O)C1CN(c2ccc(S(=O)(=O)C3CC3)cc2)C1. The van der Waals surface area contributed by atoms with Gasteiger partial charge in [0.25, 0.3) is 0 Å². The molecule has 1 aliphatic heterocycles. The summed E-state index contributed by atoms with van der Waals surface area (Å²) in [6.07, 6.45) is 1.52. The van der Waals surface area contributed by atoms with Gasteiger partial charge in [-0.3, -0.25) is 4.79 Å². The van der Waals surface area contributed by atoms with Crippen LogP contribution in [-0.2, 0) is 14.6 Å². The molecule has 3 rings (SSSR count). The van der Waals surface area contributed by atoms with Gasteiger partial charge in [-0.05, 0) is 37.1 Å². The fraction of sp³-hybridized carbons (Fsp3) is 0.462. The molecule has 0 radical (unpaired) electrons. The van der Waals surface area contributed by atoms with Crippen LogP contribution in [0, 0.1) is 5.92 Å². The summed E-state index contributed by atoms with van der Waals surface area (Å²) in [5.41, 5.74) is 0.882. The zero-order valence-corrected chi connectivity index (χ0v) is 11.1. The summed E-state index contributed by atoms with van der Waals surface area (Å²) >= 11 is 0. The quantitative estimate of drug-likeness (QED) is 0.896. The van der Waals surface area contributed by atoms with Crippen molar-refractivity contribution in [3.8, 4) is 0 Å². The van der Waals surface area contributed by atoms with Gasteiger partial charge in [0.1, 0.15) is 0 Å². The number of hydrogen-bond donors (Lipinski definition) is 1. The van der Waals surface area contributed by atoms with E-state index in [2.05, 4.69) is 0 Å². The van der Waals surface area contributed by atoms with Crippen LogP contribution in [0.3, 0.4) is 0 Å². The Morgan fingerprint density at radius 2 is 1.74 bits per heavy atom. The number of aliphatic carboxylic acids is 1. The van der Waals surface area contributed by atoms with Crippen molar-refractivity contribution in [3.63, 3.8) is 0 Å². The first-order valence-electron chi connectivity index (χ1n) is 6.30. The fourth-order valence-electron chi connectivity index (χ4n) is 2.26. The highest BCUT2D eigenvalue weighted by molar-refractivity contribution is 7.92. The lowest BCUT2D eigenvalue weighted by atomic mass is 10.00. The molecule has 5 nitrogen and oxygen atoms in total. The van der Waals surface area contributed by atoms with Crippen LogP contribution in [0.5, 0.6) is 0 Å². The molecule has 2 fully saturated rings. The normalized spacial score (nSPS) is 20.1. The first-order valence-corrected chi connectivity index (χ1v) is 7.85. The zero-order chi connectivity index (χ0) is 13.6. The Morgan fingerprint density at radius 3 is 2.21 bits per heavy atom. The van der Waals surface area contributed by atoms with E-state index < -0.39 is 15.8 Å². The number of anilines is 1. The monoisotopic (exact) mass is 281 g/mol. The lowest BCUT2D eigenvalue weighted by Crippen LogP contribution is -2.50. The Kier molecular flexibility index (Phi) is 2.78. The molecular weight excluding hydrogens is 266 g/mol. The molecule has 2 aliphatic rings. The van der Waals surface area contributed by atoms with Crippen molar-refractivity contribution in [2.45, 2.75) is 23.0 Å². The predicted octanol–water partition coefficient (Wildman–Crippen LogP) is 1.14. The third-order valence-electron chi connectivity index (χ3n) is 3.72. The highest BCUT2D eigenvalue weighted by atomic mass is 32.2. The van der Waals surface area contributed by atoms with Gasteiger partial charge in [-0.2, -0.15) is 0 Å². The van der Waals surface area contributed by atoms with Crippen LogP contribution in [0.1, 0.15) is 12.8 Å². The molecule has 0 unspecified atom stereocenters. The summed E-state index contributed by atoms with van der Waals surface area (Å²) < 4.78 is 24.0. The molecular formula is C13H15NO4S. The molecule has 0 aromatic heterocycles. The Hall–Kier alpha value is -1.56. The van der Waals surface area contributed by atoms with Gasteiger partial charge in [-0.15, -0.1) is 0 Å². The third kappa shape index (κ3) is 2.20. The number of carboxylic acid groups (broad SMARTS) is 1. The highest BCUT2D eigenvalue weighted by Crippen LogP contribution is 2.34. The Morgan fingerprint density at radius 1 is 1.16 bits per heavy atom. The number of hydrogen-bond acceptors (Lipinski definition) is 4. The van der Waals surface area contributed by atoms with Crippen molar-refractivity contribution in [1.29, 1.82) is 0 Å². The second-order valence-electron chi connectivity index (χ2n) is 5.18. The molecule has 6 heteroatoms. The molecule has 1 aliphatic carbocycles. The minimum Gasteiger partial charge on any atom is -0.481 e. The van der Waals surface area contributed by atoms with E-state index >= 15 is 0 Å². The molecule has 19 heavy (non-hydrogen) atoms. The molecule has 1 saturated carbocycles. The van der Waals surface area contributed by atoms with Crippen LogP contribution in [0.4, 0.5) is 5.69 Å². The smallest absolute Gasteiger partial charge is 0.310 e. The Bertz CT molecular complexity index is 598. The number of benzene rings is 1. The van der Waals surface area contributed by atoms with E-state index in [4.69, 9.17) is 5.11 Å². The van der Waals surface area contributed by atoms with Crippen molar-refractivity contribution in [2.75, 3.05) is 18.0 Å². The van der Waals surface area contributed by atoms with Crippen molar-refractivity contribution in [2.24, 2.45) is 5.92 Å². The minimum absolute atomic E-state index is 0.196. The maximum atomic E-state index is 12.0. The highest BCUT2D eigenvalue weighted by Gasteiger charge is 2.37. The maximum absolute atomic E-state index is 12.0. The molecule has 0 bridgehead atoms. The van der Waals surface area contributed by atoms with Crippen molar-refractivity contribution < 1.29 is 18.3 Å². The van der Waals surface area contributed by atoms with E-state index in [-0.39, 0.29) is 11.2 Å². The first-order chi connectivity index (χ1) is 8.98. The molecule has 0 spiro atoms. The number of sulfone groups is 1. The number of rotatable bonds is 4. The van der Waals surface area contributed by atoms with E-state index in [9.17, 15) is 13.2 Å². The van der Waals surface area contributed by atoms with Gasteiger partial charge in [0.2, 0.25) is 0 Å². The van der Waals surface area contributed by atoms with Gasteiger partial charge in [-0.25, -0.2) is 8.42 Å². The topological polar surface area (TPSA) is 74.7 Å². The van der Waals surface area contributed by atoms with Crippen LogP contribution in [0.25, 0.3) is 0 Å². The second-order valence-corrected chi connectivity index (χ2v) is 7.41. The molecule has 102 valence electrons. The molecule has 0 amide bonds. The maximum Gasteiger partial charge on any atom is 0.310 e. The summed E-state index contributed by atoms with van der Waals surface area (Å²) in [6.45, 7) is 0.980. The van der Waals surface area contributed by atoms with Crippen molar-refractivity contribution in [3.05, 3.63) is 24.3 Å². The number of carbonyl (C=O) groups is 1. The Labute approximate surface area is 111 Å². The first kappa shape index (κ1) is 12.5. The minimum atomic E-state index is -3.13. The van der Waals surface area contributed by atoms with Crippen LogP contribution in [0.2, 0.25) is 0 Å². The number of carboxylic acids is 1. The van der Waals surface area contributed by atoms with Gasteiger partial charge < -0.3 is 10.0 Å². The molecule has 1 aromatic carbocycles. The van der Waals surface area contributed by atoms with Crippen LogP contribution in [0.15, 0.2) is 29.2 Å². The molecule has 1 N–H and O–H groups in total. The summed E-state index contributed by atoms with van der Waals surface area (Å²) in [4.78, 5) is 13.0. The van der Waals surface area contributed by atoms with Gasteiger partial charge in [0, 0.05) is 18.8 Å². The van der Waals surface area contributed by atoms with Gasteiger partial charge >= 0.3 is 5.97 Å². The Balaban J connectivity index is 1.72. The standard InChI is InChI=1S/C13H15NO4S/c15-13(16)9-7-14(8-9)10-1-3-11(4-2-10)19(17,18)12-5-6-12/h1-4,9,12H,5-8H2,(H,15,16). The summed E-state index contributed by atoms with van der Waals surface area (Å²) in [7, 11) is -3.13. The van der Waals surface area contributed by atoms with Crippen LogP contribution >= 0.6 is 0 Å². The lowest BCUT2D eigenvalue weighted by Gasteiger charge is -2.38. The van der Waals surface area contributed by atoms with Gasteiger partial charge in [-0.1, -0.05) is 0 Å². The average Bonchev–Trinajstić information content (AvgIpc) is 3.11. The van der Waals surface area contributed by atoms with Crippen molar-refractivity contribution >= 4 is 21.5 Å². The van der Waals surface area contributed by atoms with Crippen LogP contribution in [-0.4, -0.2) is 37.8 Å². The predicted molar refractivity (Wildman–Crippen MR) is 70.0 cm³/mol. The van der Waals surface area contributed by atoms with E-state index in [1.165, 1.54) is 0 Å². The molecule has 1 heterocycles. The van der Waals surface area contributed by atoms with Crippen LogP contribution < -0.4 is 4.90 Å². The summed E-state index contributed by atoms with van der Waals surface area (Å²) in [5.74, 6) is -1.08.